The van der Waals surface area contributed by atoms with E-state index in [4.69, 9.17) is 4.42 Å². The first kappa shape index (κ1) is 16.9. The molecule has 0 amide bonds. The molecule has 0 fully saturated rings. The molecule has 4 heteroatoms. The molecule has 0 aliphatic heterocycles. The maximum atomic E-state index is 5.90. The van der Waals surface area contributed by atoms with Crippen LogP contribution in [0.15, 0.2) is 58.5 Å². The smallest absolute Gasteiger partial charge is 0.265 e. The van der Waals surface area contributed by atoms with Crippen LogP contribution in [0.1, 0.15) is 45.0 Å². The van der Waals surface area contributed by atoms with Gasteiger partial charge in [-0.1, -0.05) is 42.5 Å². The second-order valence-electron chi connectivity index (χ2n) is 5.93. The molecule has 1 aromatic carbocycles. The fraction of sp³-hybridized carbons (Fsp3) is 0.316. The van der Waals surface area contributed by atoms with E-state index in [2.05, 4.69) is 33.9 Å². The lowest BCUT2D eigenvalue weighted by atomic mass is 9.83. The van der Waals surface area contributed by atoms with Gasteiger partial charge in [-0.25, -0.2) is 0 Å². The Balaban J connectivity index is 2.33. The van der Waals surface area contributed by atoms with Crippen LogP contribution in [0.25, 0.3) is 5.70 Å². The van der Waals surface area contributed by atoms with Crippen molar-refractivity contribution in [1.29, 1.82) is 0 Å². The molecule has 0 saturated carbocycles. The van der Waals surface area contributed by atoms with E-state index >= 15 is 0 Å². The maximum absolute atomic E-state index is 5.90. The van der Waals surface area contributed by atoms with Crippen LogP contribution < -0.4 is 0 Å². The van der Waals surface area contributed by atoms with E-state index in [1.54, 1.807) is 0 Å². The van der Waals surface area contributed by atoms with Gasteiger partial charge in [0.2, 0.25) is 5.89 Å². The van der Waals surface area contributed by atoms with Crippen LogP contribution in [0, 0.1) is 0 Å². The van der Waals surface area contributed by atoms with Gasteiger partial charge in [-0.15, -0.1) is 16.8 Å². The second-order valence-corrected chi connectivity index (χ2v) is 5.93. The number of aliphatic imine (C=N–C) groups is 1. The van der Waals surface area contributed by atoms with Gasteiger partial charge in [0.1, 0.15) is 5.70 Å². The summed E-state index contributed by atoms with van der Waals surface area (Å²) in [7, 11) is 0. The highest BCUT2D eigenvalue weighted by Crippen LogP contribution is 2.30. The Bertz CT molecular complexity index is 724. The molecule has 120 valence electrons. The highest BCUT2D eigenvalue weighted by atomic mass is 16.4. The molecule has 1 unspecified atom stereocenters. The van der Waals surface area contributed by atoms with Crippen LogP contribution in [0.5, 0.6) is 0 Å². The average Bonchev–Trinajstić information content (AvgIpc) is 3.03. The first-order valence-electron chi connectivity index (χ1n) is 7.68. The second kappa shape index (κ2) is 7.18. The van der Waals surface area contributed by atoms with Crippen LogP contribution in [0.4, 0.5) is 0 Å². The van der Waals surface area contributed by atoms with Crippen molar-refractivity contribution in [3.05, 3.63) is 66.4 Å². The normalized spacial score (nSPS) is 14.2. The fourth-order valence-electron chi connectivity index (χ4n) is 2.29. The topological polar surface area (TPSA) is 51.3 Å². The lowest BCUT2D eigenvalue weighted by Crippen LogP contribution is -2.22. The molecule has 2 rings (SSSR count). The van der Waals surface area contributed by atoms with Gasteiger partial charge in [0, 0.05) is 5.71 Å². The average molecular weight is 309 g/mol. The van der Waals surface area contributed by atoms with E-state index < -0.39 is 5.41 Å². The zero-order valence-electron chi connectivity index (χ0n) is 14.2. The number of nitrogens with zero attached hydrogens (tertiary/aromatic N) is 3. The molecule has 4 nitrogen and oxygen atoms in total. The number of hydrogen-bond donors (Lipinski definition) is 0. The molecular weight excluding hydrogens is 286 g/mol. The quantitative estimate of drug-likeness (QED) is 0.579. The van der Waals surface area contributed by atoms with Gasteiger partial charge in [-0.2, -0.15) is 0 Å². The van der Waals surface area contributed by atoms with Gasteiger partial charge in [-0.3, -0.25) is 4.99 Å². The third-order valence-corrected chi connectivity index (χ3v) is 3.61. The third-order valence-electron chi connectivity index (χ3n) is 3.61. The van der Waals surface area contributed by atoms with E-state index in [0.29, 0.717) is 17.5 Å². The van der Waals surface area contributed by atoms with E-state index in [9.17, 15) is 0 Å². The molecule has 0 radical (unpaired) electrons. The predicted octanol–water partition coefficient (Wildman–Crippen LogP) is 4.60. The minimum absolute atomic E-state index is 0.420. The van der Waals surface area contributed by atoms with Crippen molar-refractivity contribution in [2.24, 2.45) is 4.99 Å². The Hall–Kier alpha value is -2.49. The Kier molecular flexibility index (Phi) is 5.27. The number of aromatic nitrogens is 2. The van der Waals surface area contributed by atoms with Crippen molar-refractivity contribution in [3.63, 3.8) is 0 Å². The SMILES string of the molecule is C=CC(C)(Cc1ccccc1)c1nnc(C(=CC)N=C(C)C)o1. The van der Waals surface area contributed by atoms with Crippen molar-refractivity contribution in [1.82, 2.24) is 10.2 Å². The van der Waals surface area contributed by atoms with Gasteiger partial charge < -0.3 is 4.42 Å². The van der Waals surface area contributed by atoms with E-state index in [-0.39, 0.29) is 0 Å². The molecule has 0 aliphatic rings. The lowest BCUT2D eigenvalue weighted by Gasteiger charge is -2.21. The summed E-state index contributed by atoms with van der Waals surface area (Å²) >= 11 is 0. The summed E-state index contributed by atoms with van der Waals surface area (Å²) in [6, 6.07) is 10.2. The Morgan fingerprint density at radius 1 is 1.26 bits per heavy atom. The van der Waals surface area contributed by atoms with Crippen LogP contribution in [-0.4, -0.2) is 15.9 Å². The minimum atomic E-state index is -0.420. The molecule has 1 atom stereocenters. The van der Waals surface area contributed by atoms with Crippen molar-refractivity contribution in [3.8, 4) is 0 Å². The van der Waals surface area contributed by atoms with Crippen LogP contribution in [-0.2, 0) is 11.8 Å². The number of allylic oxidation sites excluding steroid dienone is 2. The summed E-state index contributed by atoms with van der Waals surface area (Å²) in [5.41, 5.74) is 2.41. The summed E-state index contributed by atoms with van der Waals surface area (Å²) in [6.07, 6.45) is 4.48. The molecular formula is C19H23N3O. The molecule has 2 aromatic rings. The molecule has 0 saturated heterocycles. The van der Waals surface area contributed by atoms with Gasteiger partial charge in [-0.05, 0) is 39.7 Å². The Morgan fingerprint density at radius 2 is 1.96 bits per heavy atom. The monoisotopic (exact) mass is 309 g/mol. The maximum Gasteiger partial charge on any atom is 0.265 e. The Labute approximate surface area is 137 Å². The standard InChI is InChI=1S/C19H23N3O/c1-6-16(20-14(3)4)17-21-22-18(23-17)19(5,7-2)13-15-11-9-8-10-12-15/h6-12H,2,13H2,1,3-5H3. The largest absolute Gasteiger partial charge is 0.418 e. The summed E-state index contributed by atoms with van der Waals surface area (Å²) in [5, 5.41) is 8.39. The highest BCUT2D eigenvalue weighted by Gasteiger charge is 2.30. The van der Waals surface area contributed by atoms with Crippen molar-refractivity contribution in [2.45, 2.75) is 39.5 Å². The molecule has 0 N–H and O–H groups in total. The summed E-state index contributed by atoms with van der Waals surface area (Å²) < 4.78 is 5.90. The van der Waals surface area contributed by atoms with Gasteiger partial charge in [0.15, 0.2) is 0 Å². The molecule has 1 aromatic heterocycles. The first-order chi connectivity index (χ1) is 11.0. The zero-order valence-corrected chi connectivity index (χ0v) is 14.2. The number of benzene rings is 1. The van der Waals surface area contributed by atoms with Gasteiger partial charge in [0.05, 0.1) is 5.41 Å². The van der Waals surface area contributed by atoms with Crippen LogP contribution >= 0.6 is 0 Å². The number of hydrogen-bond acceptors (Lipinski definition) is 4. The summed E-state index contributed by atoms with van der Waals surface area (Å²) in [4.78, 5) is 4.43. The number of rotatable bonds is 6. The van der Waals surface area contributed by atoms with Gasteiger partial charge >= 0.3 is 0 Å². The summed E-state index contributed by atoms with van der Waals surface area (Å²) in [6.45, 7) is 11.8. The van der Waals surface area contributed by atoms with E-state index in [0.717, 1.165) is 12.1 Å². The molecule has 0 spiro atoms. The highest BCUT2D eigenvalue weighted by molar-refractivity contribution is 5.84. The molecule has 1 heterocycles. The van der Waals surface area contributed by atoms with Gasteiger partial charge in [0.25, 0.3) is 5.89 Å². The molecule has 0 bridgehead atoms. The minimum Gasteiger partial charge on any atom is -0.418 e. The van der Waals surface area contributed by atoms with Crippen LogP contribution in [0.3, 0.4) is 0 Å². The van der Waals surface area contributed by atoms with E-state index in [1.807, 2.05) is 58.0 Å². The van der Waals surface area contributed by atoms with Crippen molar-refractivity contribution < 1.29 is 4.42 Å². The van der Waals surface area contributed by atoms with Crippen molar-refractivity contribution >= 4 is 11.4 Å². The zero-order chi connectivity index (χ0) is 16.9. The molecule has 0 aliphatic carbocycles. The predicted molar refractivity (Wildman–Crippen MR) is 94.4 cm³/mol. The third kappa shape index (κ3) is 4.03. The van der Waals surface area contributed by atoms with Crippen LogP contribution in [0.2, 0.25) is 0 Å². The first-order valence-corrected chi connectivity index (χ1v) is 7.68. The fourth-order valence-corrected chi connectivity index (χ4v) is 2.29. The van der Waals surface area contributed by atoms with E-state index in [1.165, 1.54) is 5.56 Å². The summed E-state index contributed by atoms with van der Waals surface area (Å²) in [5.74, 6) is 0.986. The Morgan fingerprint density at radius 3 is 2.52 bits per heavy atom. The van der Waals surface area contributed by atoms with Crippen molar-refractivity contribution in [2.75, 3.05) is 0 Å². The molecule has 23 heavy (non-hydrogen) atoms. The lowest BCUT2D eigenvalue weighted by molar-refractivity contribution is 0.393.